The van der Waals surface area contributed by atoms with Gasteiger partial charge < -0.3 is 0 Å². The van der Waals surface area contributed by atoms with Crippen LogP contribution in [0.5, 0.6) is 0 Å². The molecule has 0 spiro atoms. The topological polar surface area (TPSA) is 38.7 Å². The number of hydrogen-bond donors (Lipinski definition) is 0. The monoisotopic (exact) mass is 136 g/mol. The van der Waals surface area contributed by atoms with E-state index in [0.717, 1.165) is 10.2 Å². The van der Waals surface area contributed by atoms with Crippen molar-refractivity contribution in [3.8, 4) is 0 Å². The molecule has 0 aliphatic rings. The van der Waals surface area contributed by atoms with E-state index in [4.69, 9.17) is 0 Å². The minimum atomic E-state index is 0.870. The lowest BCUT2D eigenvalue weighted by Gasteiger charge is -1.78. The molecule has 2 heterocycles. The number of thiazole rings is 1. The molecule has 2 aromatic rings. The van der Waals surface area contributed by atoms with Crippen molar-refractivity contribution in [2.75, 3.05) is 0 Å². The van der Waals surface area contributed by atoms with Gasteiger partial charge in [-0.25, -0.2) is 4.98 Å². The van der Waals surface area contributed by atoms with E-state index in [1.165, 1.54) is 11.3 Å². The van der Waals surface area contributed by atoms with Gasteiger partial charge in [0.15, 0.2) is 5.51 Å². The fourth-order valence-electron chi connectivity index (χ4n) is 0.587. The highest BCUT2D eigenvalue weighted by molar-refractivity contribution is 7.16. The SMILES string of the molecule is [c]1nc2cnncc2s1. The van der Waals surface area contributed by atoms with E-state index in [1.54, 1.807) is 12.4 Å². The van der Waals surface area contributed by atoms with Crippen molar-refractivity contribution in [1.29, 1.82) is 0 Å². The van der Waals surface area contributed by atoms with E-state index in [-0.39, 0.29) is 0 Å². The Morgan fingerprint density at radius 2 is 2.22 bits per heavy atom. The second kappa shape index (κ2) is 1.73. The fourth-order valence-corrected chi connectivity index (χ4v) is 1.13. The van der Waals surface area contributed by atoms with E-state index in [1.807, 2.05) is 0 Å². The molecule has 0 unspecified atom stereocenters. The van der Waals surface area contributed by atoms with Gasteiger partial charge >= 0.3 is 0 Å². The van der Waals surface area contributed by atoms with Crippen LogP contribution in [0, 0.1) is 5.51 Å². The Kier molecular flexibility index (Phi) is 0.927. The van der Waals surface area contributed by atoms with Crippen molar-refractivity contribution >= 4 is 21.6 Å². The first-order chi connectivity index (χ1) is 4.47. The molecule has 0 N–H and O–H groups in total. The van der Waals surface area contributed by atoms with Gasteiger partial charge in [-0.2, -0.15) is 10.2 Å². The van der Waals surface area contributed by atoms with Gasteiger partial charge in [0, 0.05) is 0 Å². The van der Waals surface area contributed by atoms with Gasteiger partial charge in [-0.15, -0.1) is 11.3 Å². The Balaban J connectivity index is 2.95. The van der Waals surface area contributed by atoms with E-state index in [9.17, 15) is 0 Å². The highest BCUT2D eigenvalue weighted by Crippen LogP contribution is 2.12. The first-order valence-electron chi connectivity index (χ1n) is 2.40. The maximum Gasteiger partial charge on any atom is 0.153 e. The van der Waals surface area contributed by atoms with Crippen LogP contribution in [0.25, 0.3) is 10.2 Å². The predicted octanol–water partition coefficient (Wildman–Crippen LogP) is 0.886. The largest absolute Gasteiger partial charge is 0.232 e. The highest BCUT2D eigenvalue weighted by atomic mass is 32.1. The molecule has 0 saturated carbocycles. The summed E-state index contributed by atoms with van der Waals surface area (Å²) < 4.78 is 1.03. The predicted molar refractivity (Wildman–Crippen MR) is 34.0 cm³/mol. The Morgan fingerprint density at radius 1 is 1.33 bits per heavy atom. The summed E-state index contributed by atoms with van der Waals surface area (Å²) in [5.74, 6) is 0. The number of fused-ring (bicyclic) bond motifs is 1. The van der Waals surface area contributed by atoms with Crippen molar-refractivity contribution in [2.45, 2.75) is 0 Å². The van der Waals surface area contributed by atoms with E-state index < -0.39 is 0 Å². The fraction of sp³-hybridized carbons (Fsp3) is 0. The summed E-state index contributed by atoms with van der Waals surface area (Å²) in [4.78, 5) is 3.91. The van der Waals surface area contributed by atoms with Crippen LogP contribution < -0.4 is 0 Å². The van der Waals surface area contributed by atoms with E-state index in [2.05, 4.69) is 20.7 Å². The number of rotatable bonds is 0. The Labute approximate surface area is 55.4 Å². The molecule has 0 amide bonds. The van der Waals surface area contributed by atoms with Gasteiger partial charge in [-0.1, -0.05) is 0 Å². The summed E-state index contributed by atoms with van der Waals surface area (Å²) in [7, 11) is 0. The van der Waals surface area contributed by atoms with Crippen molar-refractivity contribution in [2.24, 2.45) is 0 Å². The molecule has 2 aromatic heterocycles. The molecular weight excluding hydrogens is 134 g/mol. The van der Waals surface area contributed by atoms with Gasteiger partial charge in [0.2, 0.25) is 0 Å². The van der Waals surface area contributed by atoms with Crippen LogP contribution in [0.15, 0.2) is 12.4 Å². The van der Waals surface area contributed by atoms with Crippen LogP contribution in [0.3, 0.4) is 0 Å². The van der Waals surface area contributed by atoms with Crippen LogP contribution in [-0.2, 0) is 0 Å². The zero-order valence-corrected chi connectivity index (χ0v) is 5.22. The summed E-state index contributed by atoms with van der Waals surface area (Å²) in [6.45, 7) is 0. The summed E-state index contributed by atoms with van der Waals surface area (Å²) >= 11 is 1.45. The number of aromatic nitrogens is 3. The van der Waals surface area contributed by atoms with E-state index in [0.29, 0.717) is 0 Å². The maximum atomic E-state index is 3.91. The van der Waals surface area contributed by atoms with Gasteiger partial charge in [-0.3, -0.25) is 0 Å². The molecule has 43 valence electrons. The Morgan fingerprint density at radius 3 is 3.11 bits per heavy atom. The van der Waals surface area contributed by atoms with Crippen molar-refractivity contribution < 1.29 is 0 Å². The molecule has 0 bridgehead atoms. The smallest absolute Gasteiger partial charge is 0.153 e. The lowest BCUT2D eigenvalue weighted by atomic mass is 10.5. The zero-order chi connectivity index (χ0) is 6.10. The zero-order valence-electron chi connectivity index (χ0n) is 4.40. The Bertz CT molecular complexity index is 286. The third-order valence-electron chi connectivity index (χ3n) is 0.996. The molecule has 0 aromatic carbocycles. The number of hydrogen-bond acceptors (Lipinski definition) is 4. The molecule has 9 heavy (non-hydrogen) atoms. The molecule has 0 atom stereocenters. The summed E-state index contributed by atoms with van der Waals surface area (Å²) in [6.07, 6.45) is 3.31. The summed E-state index contributed by atoms with van der Waals surface area (Å²) in [5, 5.41) is 7.34. The lowest BCUT2D eigenvalue weighted by Crippen LogP contribution is -1.75. The molecule has 0 fully saturated rings. The van der Waals surface area contributed by atoms with Crippen LogP contribution >= 0.6 is 11.3 Å². The standard InChI is InChI=1S/C5H2N3S/c1-4-5(2-8-7-1)9-3-6-4/h1-2H. The molecule has 4 heteroatoms. The average Bonchev–Trinajstić information content (AvgIpc) is 2.33. The van der Waals surface area contributed by atoms with Crippen LogP contribution in [0.1, 0.15) is 0 Å². The normalized spacial score (nSPS) is 10.2. The molecule has 2 rings (SSSR count). The molecule has 0 aliphatic heterocycles. The van der Waals surface area contributed by atoms with Crippen LogP contribution in [-0.4, -0.2) is 15.2 Å². The lowest BCUT2D eigenvalue weighted by molar-refractivity contribution is 1.05. The van der Waals surface area contributed by atoms with Crippen molar-refractivity contribution in [3.63, 3.8) is 0 Å². The molecule has 0 saturated heterocycles. The average molecular weight is 136 g/mol. The molecule has 0 aliphatic carbocycles. The Hall–Kier alpha value is -1.03. The minimum absolute atomic E-state index is 0.870. The third kappa shape index (κ3) is 0.675. The summed E-state index contributed by atoms with van der Waals surface area (Å²) in [5.41, 5.74) is 3.62. The summed E-state index contributed by atoms with van der Waals surface area (Å²) in [6, 6.07) is 0. The quantitative estimate of drug-likeness (QED) is 0.539. The highest BCUT2D eigenvalue weighted by Gasteiger charge is 1.92. The van der Waals surface area contributed by atoms with Crippen LogP contribution in [0.4, 0.5) is 0 Å². The minimum Gasteiger partial charge on any atom is -0.232 e. The van der Waals surface area contributed by atoms with Crippen molar-refractivity contribution in [1.82, 2.24) is 15.2 Å². The first kappa shape index (κ1) is 4.81. The first-order valence-corrected chi connectivity index (χ1v) is 3.22. The van der Waals surface area contributed by atoms with E-state index >= 15 is 0 Å². The van der Waals surface area contributed by atoms with Crippen molar-refractivity contribution in [3.05, 3.63) is 17.9 Å². The van der Waals surface area contributed by atoms with Gasteiger partial charge in [0.1, 0.15) is 5.52 Å². The van der Waals surface area contributed by atoms with Gasteiger partial charge in [0.05, 0.1) is 17.1 Å². The van der Waals surface area contributed by atoms with Gasteiger partial charge in [0.25, 0.3) is 0 Å². The second-order valence-electron chi connectivity index (χ2n) is 1.54. The molecular formula is C5H2N3S. The third-order valence-corrected chi connectivity index (χ3v) is 1.71. The van der Waals surface area contributed by atoms with Gasteiger partial charge in [-0.05, 0) is 0 Å². The maximum absolute atomic E-state index is 3.91. The van der Waals surface area contributed by atoms with Crippen LogP contribution in [0.2, 0.25) is 0 Å². The second-order valence-corrected chi connectivity index (χ2v) is 2.37. The molecule has 3 nitrogen and oxygen atoms in total. The molecule has 1 radical (unpaired) electrons. The number of nitrogens with zero attached hydrogens (tertiary/aromatic N) is 3.